The molecule has 0 spiro atoms. The van der Waals surface area contributed by atoms with E-state index in [2.05, 4.69) is 11.9 Å². The van der Waals surface area contributed by atoms with Crippen LogP contribution in [0, 0.1) is 0 Å². The maximum absolute atomic E-state index is 10.0. The number of hydrogen-bond donors (Lipinski definition) is 1. The predicted molar refractivity (Wildman–Crippen MR) is 72.7 cm³/mol. The van der Waals surface area contributed by atoms with Crippen molar-refractivity contribution in [2.75, 3.05) is 6.61 Å². The number of hydrogen-bond acceptors (Lipinski definition) is 4. The van der Waals surface area contributed by atoms with Crippen molar-refractivity contribution in [3.8, 4) is 0 Å². The topological polar surface area (TPSA) is 51.6 Å². The first-order chi connectivity index (χ1) is 8.97. The zero-order chi connectivity index (χ0) is 13.9. The number of aliphatic hydroxyl groups excluding tert-OH is 1. The summed E-state index contributed by atoms with van der Waals surface area (Å²) in [5.41, 5.74) is 0.0359. The Morgan fingerprint density at radius 1 is 1.47 bits per heavy atom. The highest BCUT2D eigenvalue weighted by Gasteiger charge is 2.49. The van der Waals surface area contributed by atoms with Gasteiger partial charge in [0.1, 0.15) is 0 Å². The molecule has 0 radical (unpaired) electrons. The normalized spacial score (nSPS) is 29.6. The van der Waals surface area contributed by atoms with Crippen LogP contribution in [0.4, 0.5) is 0 Å². The molecule has 4 heteroatoms. The van der Waals surface area contributed by atoms with E-state index in [0.29, 0.717) is 19.6 Å². The highest BCUT2D eigenvalue weighted by Crippen LogP contribution is 2.40. The summed E-state index contributed by atoms with van der Waals surface area (Å²) in [6.07, 6.45) is 2.77. The molecule has 2 heterocycles. The first kappa shape index (κ1) is 14.4. The van der Waals surface area contributed by atoms with Crippen LogP contribution >= 0.6 is 0 Å². The van der Waals surface area contributed by atoms with Crippen LogP contribution in [0.1, 0.15) is 39.3 Å². The van der Waals surface area contributed by atoms with Crippen LogP contribution in [-0.4, -0.2) is 34.0 Å². The first-order valence-corrected chi connectivity index (χ1v) is 6.83. The molecule has 1 aliphatic rings. The third-order valence-corrected chi connectivity index (χ3v) is 3.83. The van der Waals surface area contributed by atoms with Crippen molar-refractivity contribution >= 4 is 0 Å². The van der Waals surface area contributed by atoms with Crippen molar-refractivity contribution in [3.63, 3.8) is 0 Å². The Morgan fingerprint density at radius 2 is 2.26 bits per heavy atom. The van der Waals surface area contributed by atoms with Crippen molar-refractivity contribution < 1.29 is 14.6 Å². The van der Waals surface area contributed by atoms with E-state index in [1.165, 1.54) is 0 Å². The van der Waals surface area contributed by atoms with Crippen LogP contribution in [-0.2, 0) is 16.1 Å². The molecular formula is C15H23NO3. The minimum absolute atomic E-state index is 0.377. The molecule has 0 aromatic carbocycles. The Bertz CT molecular complexity index is 407. The molecule has 2 rings (SSSR count). The molecule has 106 valence electrons. The SMILES string of the molecule is CCC1(COCc2ccccn2)CC(O)C(C)(C)O1. The molecule has 1 aromatic heterocycles. The molecule has 0 aliphatic carbocycles. The summed E-state index contributed by atoms with van der Waals surface area (Å²) >= 11 is 0. The maximum atomic E-state index is 10.0. The average Bonchev–Trinajstić information content (AvgIpc) is 2.62. The fourth-order valence-corrected chi connectivity index (χ4v) is 2.50. The quantitative estimate of drug-likeness (QED) is 0.887. The molecule has 1 fully saturated rings. The molecule has 0 amide bonds. The van der Waals surface area contributed by atoms with Crippen LogP contribution in [0.5, 0.6) is 0 Å². The van der Waals surface area contributed by atoms with Gasteiger partial charge in [-0.05, 0) is 32.4 Å². The number of pyridine rings is 1. The zero-order valence-electron chi connectivity index (χ0n) is 11.9. The van der Waals surface area contributed by atoms with Crippen molar-refractivity contribution in [1.82, 2.24) is 4.98 Å². The van der Waals surface area contributed by atoms with Crippen LogP contribution < -0.4 is 0 Å². The number of ether oxygens (including phenoxy) is 2. The highest BCUT2D eigenvalue weighted by molar-refractivity contribution is 5.02. The van der Waals surface area contributed by atoms with E-state index in [4.69, 9.17) is 9.47 Å². The van der Waals surface area contributed by atoms with E-state index in [0.717, 1.165) is 12.1 Å². The standard InChI is InChI=1S/C15H23NO3/c1-4-15(9-13(17)14(2,3)19-15)11-18-10-12-7-5-6-8-16-12/h5-8,13,17H,4,9-11H2,1-3H3. The maximum Gasteiger partial charge on any atom is 0.0946 e. The van der Waals surface area contributed by atoms with Gasteiger partial charge in [0.15, 0.2) is 0 Å². The van der Waals surface area contributed by atoms with Gasteiger partial charge in [-0.3, -0.25) is 4.98 Å². The van der Waals surface area contributed by atoms with Crippen molar-refractivity contribution in [1.29, 1.82) is 0 Å². The number of rotatable bonds is 5. The Labute approximate surface area is 114 Å². The molecule has 19 heavy (non-hydrogen) atoms. The summed E-state index contributed by atoms with van der Waals surface area (Å²) in [5.74, 6) is 0. The second kappa shape index (κ2) is 5.57. The lowest BCUT2D eigenvalue weighted by molar-refractivity contribution is -0.136. The van der Waals surface area contributed by atoms with E-state index >= 15 is 0 Å². The molecule has 4 nitrogen and oxygen atoms in total. The van der Waals surface area contributed by atoms with E-state index in [1.54, 1.807) is 6.20 Å². The Kier molecular flexibility index (Phi) is 4.23. The summed E-state index contributed by atoms with van der Waals surface area (Å²) in [6.45, 7) is 6.88. The molecule has 0 bridgehead atoms. The third-order valence-electron chi connectivity index (χ3n) is 3.83. The summed E-state index contributed by atoms with van der Waals surface area (Å²) < 4.78 is 11.8. The molecule has 1 aromatic rings. The van der Waals surface area contributed by atoms with Crippen LogP contribution in [0.2, 0.25) is 0 Å². The number of aromatic nitrogens is 1. The number of nitrogens with zero attached hydrogens (tertiary/aromatic N) is 1. The Balaban J connectivity index is 1.90. The van der Waals surface area contributed by atoms with Crippen molar-refractivity contribution in [3.05, 3.63) is 30.1 Å². The largest absolute Gasteiger partial charge is 0.390 e. The predicted octanol–water partition coefficient (Wildman–Crippen LogP) is 2.31. The Morgan fingerprint density at radius 3 is 2.79 bits per heavy atom. The molecule has 2 atom stereocenters. The molecular weight excluding hydrogens is 242 g/mol. The van der Waals surface area contributed by atoms with Crippen LogP contribution in [0.15, 0.2) is 24.4 Å². The molecule has 1 N–H and O–H groups in total. The molecule has 0 saturated carbocycles. The second-order valence-electron chi connectivity index (χ2n) is 5.78. The second-order valence-corrected chi connectivity index (χ2v) is 5.78. The van der Waals surface area contributed by atoms with Gasteiger partial charge in [0.25, 0.3) is 0 Å². The lowest BCUT2D eigenvalue weighted by atomic mass is 9.93. The van der Waals surface area contributed by atoms with E-state index in [-0.39, 0.29) is 5.60 Å². The minimum Gasteiger partial charge on any atom is -0.390 e. The molecule has 2 unspecified atom stereocenters. The van der Waals surface area contributed by atoms with Crippen molar-refractivity contribution in [2.24, 2.45) is 0 Å². The summed E-state index contributed by atoms with van der Waals surface area (Å²) in [4.78, 5) is 4.22. The van der Waals surface area contributed by atoms with Gasteiger partial charge in [-0.1, -0.05) is 13.0 Å². The monoisotopic (exact) mass is 265 g/mol. The minimum atomic E-state index is -0.496. The lowest BCUT2D eigenvalue weighted by Crippen LogP contribution is -2.37. The van der Waals surface area contributed by atoms with Gasteiger partial charge >= 0.3 is 0 Å². The Hall–Kier alpha value is -0.970. The fraction of sp³-hybridized carbons (Fsp3) is 0.667. The number of aliphatic hydroxyl groups is 1. The fourth-order valence-electron chi connectivity index (χ4n) is 2.50. The van der Waals surface area contributed by atoms with E-state index < -0.39 is 11.7 Å². The lowest BCUT2D eigenvalue weighted by Gasteiger charge is -2.30. The van der Waals surface area contributed by atoms with Gasteiger partial charge in [-0.15, -0.1) is 0 Å². The van der Waals surface area contributed by atoms with Crippen molar-refractivity contribution in [2.45, 2.75) is 57.5 Å². The summed E-state index contributed by atoms with van der Waals surface area (Å²) in [7, 11) is 0. The molecule has 1 saturated heterocycles. The van der Waals surface area contributed by atoms with Gasteiger partial charge in [0.05, 0.1) is 36.2 Å². The van der Waals surface area contributed by atoms with Gasteiger partial charge in [0.2, 0.25) is 0 Å². The van der Waals surface area contributed by atoms with Crippen LogP contribution in [0.25, 0.3) is 0 Å². The van der Waals surface area contributed by atoms with Gasteiger partial charge in [-0.25, -0.2) is 0 Å². The van der Waals surface area contributed by atoms with Crippen LogP contribution in [0.3, 0.4) is 0 Å². The zero-order valence-corrected chi connectivity index (χ0v) is 11.9. The summed E-state index contributed by atoms with van der Waals surface area (Å²) in [6, 6.07) is 5.77. The molecule has 1 aliphatic heterocycles. The van der Waals surface area contributed by atoms with E-state index in [9.17, 15) is 5.11 Å². The van der Waals surface area contributed by atoms with E-state index in [1.807, 2.05) is 32.0 Å². The van der Waals surface area contributed by atoms with Gasteiger partial charge in [0, 0.05) is 12.6 Å². The van der Waals surface area contributed by atoms with Gasteiger partial charge < -0.3 is 14.6 Å². The average molecular weight is 265 g/mol. The summed E-state index contributed by atoms with van der Waals surface area (Å²) in [5, 5.41) is 10.0. The smallest absolute Gasteiger partial charge is 0.0946 e. The van der Waals surface area contributed by atoms with Gasteiger partial charge in [-0.2, -0.15) is 0 Å². The first-order valence-electron chi connectivity index (χ1n) is 6.83. The third kappa shape index (κ3) is 3.32. The highest BCUT2D eigenvalue weighted by atomic mass is 16.6.